The highest BCUT2D eigenvalue weighted by molar-refractivity contribution is 5.90. The SMILES string of the molecule is CCCCCCOc1c(F)cccc1C(=O)O. The number of aromatic carboxylic acids is 1. The molecule has 0 amide bonds. The number of hydrogen-bond acceptors (Lipinski definition) is 2. The predicted molar refractivity (Wildman–Crippen MR) is 63.0 cm³/mol. The highest BCUT2D eigenvalue weighted by Gasteiger charge is 2.15. The summed E-state index contributed by atoms with van der Waals surface area (Å²) in [5.74, 6) is -1.95. The Labute approximate surface area is 100 Å². The van der Waals surface area contributed by atoms with E-state index >= 15 is 0 Å². The Morgan fingerprint density at radius 1 is 1.35 bits per heavy atom. The van der Waals surface area contributed by atoms with Gasteiger partial charge in [-0.25, -0.2) is 9.18 Å². The molecule has 0 unspecified atom stereocenters. The Kier molecular flexibility index (Phi) is 5.46. The highest BCUT2D eigenvalue weighted by Crippen LogP contribution is 2.23. The zero-order valence-corrected chi connectivity index (χ0v) is 9.91. The van der Waals surface area contributed by atoms with Crippen LogP contribution in [0.15, 0.2) is 18.2 Å². The molecule has 0 aliphatic carbocycles. The van der Waals surface area contributed by atoms with Gasteiger partial charge in [0.15, 0.2) is 11.6 Å². The van der Waals surface area contributed by atoms with Gasteiger partial charge in [0, 0.05) is 0 Å². The van der Waals surface area contributed by atoms with Gasteiger partial charge in [-0.05, 0) is 18.6 Å². The molecule has 0 aliphatic rings. The lowest BCUT2D eigenvalue weighted by Crippen LogP contribution is -2.06. The summed E-state index contributed by atoms with van der Waals surface area (Å²) in [4.78, 5) is 10.9. The maximum Gasteiger partial charge on any atom is 0.339 e. The first-order valence-electron chi connectivity index (χ1n) is 5.81. The molecular formula is C13H17FO3. The Bertz CT molecular complexity index is 377. The van der Waals surface area contributed by atoms with Crippen molar-refractivity contribution in [3.63, 3.8) is 0 Å². The van der Waals surface area contributed by atoms with Crippen molar-refractivity contribution in [1.29, 1.82) is 0 Å². The Hall–Kier alpha value is -1.58. The van der Waals surface area contributed by atoms with Crippen molar-refractivity contribution in [3.8, 4) is 5.75 Å². The summed E-state index contributed by atoms with van der Waals surface area (Å²) in [5, 5.41) is 8.88. The average molecular weight is 240 g/mol. The third-order valence-electron chi connectivity index (χ3n) is 2.44. The van der Waals surface area contributed by atoms with Crippen LogP contribution in [0.1, 0.15) is 43.0 Å². The second-order valence-corrected chi connectivity index (χ2v) is 3.83. The summed E-state index contributed by atoms with van der Waals surface area (Å²) < 4.78 is 18.6. The third-order valence-corrected chi connectivity index (χ3v) is 2.44. The fourth-order valence-electron chi connectivity index (χ4n) is 1.53. The van der Waals surface area contributed by atoms with Crippen molar-refractivity contribution in [1.82, 2.24) is 0 Å². The van der Waals surface area contributed by atoms with E-state index in [1.807, 2.05) is 0 Å². The van der Waals surface area contributed by atoms with Gasteiger partial charge in [0.05, 0.1) is 6.61 Å². The number of hydrogen-bond donors (Lipinski definition) is 1. The quantitative estimate of drug-likeness (QED) is 0.742. The molecule has 17 heavy (non-hydrogen) atoms. The number of benzene rings is 1. The van der Waals surface area contributed by atoms with E-state index in [2.05, 4.69) is 6.92 Å². The van der Waals surface area contributed by atoms with Crippen LogP contribution in [0.2, 0.25) is 0 Å². The van der Waals surface area contributed by atoms with Gasteiger partial charge >= 0.3 is 5.97 Å². The van der Waals surface area contributed by atoms with Crippen LogP contribution >= 0.6 is 0 Å². The van der Waals surface area contributed by atoms with Crippen molar-refractivity contribution in [3.05, 3.63) is 29.6 Å². The lowest BCUT2D eigenvalue weighted by atomic mass is 10.2. The van der Waals surface area contributed by atoms with Crippen LogP contribution in [-0.4, -0.2) is 17.7 Å². The van der Waals surface area contributed by atoms with Crippen LogP contribution in [-0.2, 0) is 0 Å². The molecule has 0 saturated carbocycles. The molecule has 0 fully saturated rings. The predicted octanol–water partition coefficient (Wildman–Crippen LogP) is 3.48. The minimum absolute atomic E-state index is 0.125. The molecule has 0 heterocycles. The van der Waals surface area contributed by atoms with E-state index in [4.69, 9.17) is 9.84 Å². The van der Waals surface area contributed by atoms with Gasteiger partial charge in [0.1, 0.15) is 5.56 Å². The molecule has 1 aromatic rings. The molecule has 0 bridgehead atoms. The number of carboxylic acid groups (broad SMARTS) is 1. The van der Waals surface area contributed by atoms with Gasteiger partial charge in [-0.15, -0.1) is 0 Å². The average Bonchev–Trinajstić information content (AvgIpc) is 2.30. The Balaban J connectivity index is 2.60. The first kappa shape index (κ1) is 13.5. The number of halogens is 1. The topological polar surface area (TPSA) is 46.5 Å². The molecule has 0 aromatic heterocycles. The van der Waals surface area contributed by atoms with Crippen LogP contribution in [0, 0.1) is 5.82 Å². The number of para-hydroxylation sites is 1. The van der Waals surface area contributed by atoms with E-state index in [1.165, 1.54) is 18.2 Å². The van der Waals surface area contributed by atoms with E-state index in [1.54, 1.807) is 0 Å². The number of unbranched alkanes of at least 4 members (excludes halogenated alkanes) is 3. The second-order valence-electron chi connectivity index (χ2n) is 3.83. The Morgan fingerprint density at radius 3 is 2.76 bits per heavy atom. The number of ether oxygens (including phenoxy) is 1. The number of carboxylic acids is 1. The highest BCUT2D eigenvalue weighted by atomic mass is 19.1. The zero-order chi connectivity index (χ0) is 12.7. The summed E-state index contributed by atoms with van der Waals surface area (Å²) in [7, 11) is 0. The molecule has 1 aromatic carbocycles. The van der Waals surface area contributed by atoms with E-state index < -0.39 is 11.8 Å². The van der Waals surface area contributed by atoms with E-state index in [0.29, 0.717) is 6.61 Å². The second kappa shape index (κ2) is 6.89. The molecule has 0 aliphatic heterocycles. The van der Waals surface area contributed by atoms with Crippen molar-refractivity contribution >= 4 is 5.97 Å². The number of rotatable bonds is 7. The van der Waals surface area contributed by atoms with E-state index in [9.17, 15) is 9.18 Å². The van der Waals surface area contributed by atoms with E-state index in [0.717, 1.165) is 25.7 Å². The smallest absolute Gasteiger partial charge is 0.339 e. The summed E-state index contributed by atoms with van der Waals surface area (Å²) in [6, 6.07) is 3.91. The van der Waals surface area contributed by atoms with Crippen molar-refractivity contribution in [2.24, 2.45) is 0 Å². The molecule has 0 spiro atoms. The molecule has 1 N–H and O–H groups in total. The van der Waals surface area contributed by atoms with Crippen LogP contribution in [0.3, 0.4) is 0 Å². The normalized spacial score (nSPS) is 10.2. The molecule has 4 heteroatoms. The van der Waals surface area contributed by atoms with Crippen LogP contribution in [0.5, 0.6) is 5.75 Å². The third kappa shape index (κ3) is 4.06. The lowest BCUT2D eigenvalue weighted by molar-refractivity contribution is 0.0691. The van der Waals surface area contributed by atoms with Gasteiger partial charge < -0.3 is 9.84 Å². The fraction of sp³-hybridized carbons (Fsp3) is 0.462. The van der Waals surface area contributed by atoms with E-state index in [-0.39, 0.29) is 11.3 Å². The van der Waals surface area contributed by atoms with Crippen LogP contribution < -0.4 is 4.74 Å². The minimum atomic E-state index is -1.17. The van der Waals surface area contributed by atoms with Crippen molar-refractivity contribution in [2.75, 3.05) is 6.61 Å². The van der Waals surface area contributed by atoms with Crippen LogP contribution in [0.4, 0.5) is 4.39 Å². The maximum absolute atomic E-state index is 13.4. The van der Waals surface area contributed by atoms with Gasteiger partial charge in [0.25, 0.3) is 0 Å². The summed E-state index contributed by atoms with van der Waals surface area (Å²) in [6.07, 6.45) is 4.03. The van der Waals surface area contributed by atoms with Gasteiger partial charge in [-0.3, -0.25) is 0 Å². The molecule has 1 rings (SSSR count). The van der Waals surface area contributed by atoms with Crippen LogP contribution in [0.25, 0.3) is 0 Å². The fourth-order valence-corrected chi connectivity index (χ4v) is 1.53. The molecule has 3 nitrogen and oxygen atoms in total. The van der Waals surface area contributed by atoms with Crippen molar-refractivity contribution < 1.29 is 19.0 Å². The molecule has 0 radical (unpaired) electrons. The summed E-state index contributed by atoms with van der Waals surface area (Å²) >= 11 is 0. The molecule has 0 atom stereocenters. The molecule has 0 saturated heterocycles. The Morgan fingerprint density at radius 2 is 2.12 bits per heavy atom. The first-order valence-corrected chi connectivity index (χ1v) is 5.81. The van der Waals surface area contributed by atoms with Gasteiger partial charge in [0.2, 0.25) is 0 Å². The number of carbonyl (C=O) groups is 1. The molecule has 94 valence electrons. The largest absolute Gasteiger partial charge is 0.490 e. The van der Waals surface area contributed by atoms with Crippen molar-refractivity contribution in [2.45, 2.75) is 32.6 Å². The van der Waals surface area contributed by atoms with Gasteiger partial charge in [-0.2, -0.15) is 0 Å². The minimum Gasteiger partial charge on any atom is -0.490 e. The zero-order valence-electron chi connectivity index (χ0n) is 9.91. The molecular weight excluding hydrogens is 223 g/mol. The summed E-state index contributed by atoms with van der Waals surface area (Å²) in [5.41, 5.74) is -0.125. The van der Waals surface area contributed by atoms with Gasteiger partial charge in [-0.1, -0.05) is 32.3 Å². The first-order chi connectivity index (χ1) is 8.16. The summed E-state index contributed by atoms with van der Waals surface area (Å²) in [6.45, 7) is 2.45. The maximum atomic E-state index is 13.4. The monoisotopic (exact) mass is 240 g/mol. The standard InChI is InChI=1S/C13H17FO3/c1-2-3-4-5-9-17-12-10(13(15)16)7-6-8-11(12)14/h6-8H,2-5,9H2,1H3,(H,15,16). The lowest BCUT2D eigenvalue weighted by Gasteiger charge is -2.09.